The fraction of sp³-hybridized carbons (Fsp3) is 0.300. The van der Waals surface area contributed by atoms with E-state index in [0.29, 0.717) is 21.9 Å². The first-order valence-corrected chi connectivity index (χ1v) is 12.7. The van der Waals surface area contributed by atoms with Crippen molar-refractivity contribution in [1.29, 1.82) is 0 Å². The monoisotopic (exact) mass is 554 g/mol. The molecule has 210 valence electrons. The number of carbonyl (C=O) groups is 2. The summed E-state index contributed by atoms with van der Waals surface area (Å²) in [6, 6.07) is 19.2. The van der Waals surface area contributed by atoms with Crippen LogP contribution in [0.25, 0.3) is 0 Å². The van der Waals surface area contributed by atoms with Crippen LogP contribution in [-0.4, -0.2) is 54.4 Å². The summed E-state index contributed by atoms with van der Waals surface area (Å²) in [4.78, 5) is 32.4. The topological polar surface area (TPSA) is 73.8 Å². The zero-order valence-corrected chi connectivity index (χ0v) is 22.2. The van der Waals surface area contributed by atoms with Gasteiger partial charge >= 0.3 is 6.18 Å². The molecular weight excluding hydrogens is 524 g/mol. The third kappa shape index (κ3) is 6.50. The highest BCUT2D eigenvalue weighted by Crippen LogP contribution is 2.40. The molecular formula is C30H30F4N4O2. The van der Waals surface area contributed by atoms with Crippen LogP contribution in [-0.2, 0) is 4.79 Å². The normalized spacial score (nSPS) is 21.7. The Balaban J connectivity index is 1.88. The molecule has 1 saturated heterocycles. The molecule has 3 aromatic carbocycles. The third-order valence-electron chi connectivity index (χ3n) is 7.07. The molecule has 1 heterocycles. The number of nitrogens with zero attached hydrogens (tertiary/aromatic N) is 2. The lowest BCUT2D eigenvalue weighted by molar-refractivity contribution is -0.171. The van der Waals surface area contributed by atoms with Gasteiger partial charge in [-0.3, -0.25) is 14.6 Å². The highest BCUT2D eigenvalue weighted by Gasteiger charge is 2.53. The molecule has 0 aliphatic carbocycles. The number of amides is 2. The van der Waals surface area contributed by atoms with E-state index in [2.05, 4.69) is 15.6 Å². The van der Waals surface area contributed by atoms with Gasteiger partial charge in [-0.25, -0.2) is 4.39 Å². The van der Waals surface area contributed by atoms with E-state index in [-0.39, 0.29) is 5.56 Å². The molecule has 2 unspecified atom stereocenters. The first-order chi connectivity index (χ1) is 19.0. The summed E-state index contributed by atoms with van der Waals surface area (Å²) in [6.45, 7) is 1.92. The lowest BCUT2D eigenvalue weighted by Crippen LogP contribution is -2.67. The minimum Gasteiger partial charge on any atom is -0.365 e. The first-order valence-electron chi connectivity index (χ1n) is 12.7. The molecule has 0 saturated carbocycles. The smallest absolute Gasteiger partial charge is 0.365 e. The molecule has 0 spiro atoms. The van der Waals surface area contributed by atoms with E-state index in [1.807, 2.05) is 0 Å². The number of benzene rings is 3. The third-order valence-corrected chi connectivity index (χ3v) is 7.07. The molecule has 0 aromatic heterocycles. The van der Waals surface area contributed by atoms with E-state index in [9.17, 15) is 27.2 Å². The molecule has 2 amide bonds. The summed E-state index contributed by atoms with van der Waals surface area (Å²) in [5.74, 6) is -3.72. The molecule has 0 bridgehead atoms. The van der Waals surface area contributed by atoms with Crippen LogP contribution in [0.4, 0.5) is 23.2 Å². The highest BCUT2D eigenvalue weighted by atomic mass is 19.4. The van der Waals surface area contributed by atoms with Crippen LogP contribution in [0.2, 0.25) is 0 Å². The average molecular weight is 555 g/mol. The van der Waals surface area contributed by atoms with Crippen LogP contribution >= 0.6 is 0 Å². The molecule has 2 N–H and O–H groups in total. The van der Waals surface area contributed by atoms with E-state index in [4.69, 9.17) is 0 Å². The summed E-state index contributed by atoms with van der Waals surface area (Å²) in [7, 11) is 1.52. The van der Waals surface area contributed by atoms with E-state index >= 15 is 0 Å². The second-order valence-corrected chi connectivity index (χ2v) is 9.83. The van der Waals surface area contributed by atoms with E-state index < -0.39 is 54.4 Å². The van der Waals surface area contributed by atoms with Crippen molar-refractivity contribution in [1.82, 2.24) is 10.2 Å². The number of aliphatic imine (C=N–C) groups is 1. The second-order valence-electron chi connectivity index (χ2n) is 9.83. The number of para-hydroxylation sites is 1. The van der Waals surface area contributed by atoms with Gasteiger partial charge in [-0.2, -0.15) is 13.2 Å². The summed E-state index contributed by atoms with van der Waals surface area (Å²) < 4.78 is 55.7. The molecule has 3 aromatic rings. The molecule has 1 aliphatic heterocycles. The highest BCUT2D eigenvalue weighted by molar-refractivity contribution is 6.00. The van der Waals surface area contributed by atoms with Crippen molar-refractivity contribution in [2.24, 2.45) is 10.9 Å². The lowest BCUT2D eigenvalue weighted by Gasteiger charge is -2.49. The Kier molecular flexibility index (Phi) is 8.56. The van der Waals surface area contributed by atoms with Gasteiger partial charge in [0.2, 0.25) is 5.91 Å². The number of piperidine rings is 1. The summed E-state index contributed by atoms with van der Waals surface area (Å²) >= 11 is 0. The van der Waals surface area contributed by atoms with Crippen molar-refractivity contribution in [2.75, 3.05) is 18.9 Å². The predicted molar refractivity (Wildman–Crippen MR) is 146 cm³/mol. The van der Waals surface area contributed by atoms with E-state index in [1.165, 1.54) is 31.3 Å². The fourth-order valence-corrected chi connectivity index (χ4v) is 5.19. The number of rotatable bonds is 7. The van der Waals surface area contributed by atoms with Crippen LogP contribution < -0.4 is 10.6 Å². The summed E-state index contributed by atoms with van der Waals surface area (Å²) in [5.41, 5.74) is 2.49. The molecule has 1 fully saturated rings. The van der Waals surface area contributed by atoms with Gasteiger partial charge in [-0.15, -0.1) is 0 Å². The Labute approximate surface area is 230 Å². The Hall–Kier alpha value is -4.21. The quantitative estimate of drug-likeness (QED) is 0.297. The number of halogens is 4. The maximum atomic E-state index is 14.0. The van der Waals surface area contributed by atoms with Gasteiger partial charge < -0.3 is 15.5 Å². The summed E-state index contributed by atoms with van der Waals surface area (Å²) in [6.07, 6.45) is -5.90. The number of hydrogen-bond acceptors (Lipinski definition) is 4. The molecule has 0 radical (unpaired) electrons. The van der Waals surface area contributed by atoms with Crippen molar-refractivity contribution in [3.8, 4) is 0 Å². The maximum Gasteiger partial charge on any atom is 0.406 e. The SMILES string of the molecule is CN=C(C)C1C(Nc2ccccc2)N(CC(F)(F)F)C(=O)[C@@H](NC(=O)c2cccc(C)c2)[C@H]1c1ccc(F)cc1. The molecule has 40 heavy (non-hydrogen) atoms. The number of nitrogens with one attached hydrogen (secondary N) is 2. The maximum absolute atomic E-state index is 14.0. The van der Waals surface area contributed by atoms with E-state index in [0.717, 1.165) is 5.56 Å². The first kappa shape index (κ1) is 28.8. The minimum absolute atomic E-state index is 0.259. The number of carbonyl (C=O) groups excluding carboxylic acids is 2. The number of hydrogen-bond donors (Lipinski definition) is 2. The average Bonchev–Trinajstić information content (AvgIpc) is 2.92. The van der Waals surface area contributed by atoms with Gasteiger partial charge in [0, 0.05) is 35.8 Å². The Bertz CT molecular complexity index is 1380. The van der Waals surface area contributed by atoms with Crippen molar-refractivity contribution in [3.63, 3.8) is 0 Å². The lowest BCUT2D eigenvalue weighted by atomic mass is 9.72. The van der Waals surface area contributed by atoms with Crippen molar-refractivity contribution >= 4 is 23.2 Å². The zero-order chi connectivity index (χ0) is 29.0. The van der Waals surface area contributed by atoms with Crippen LogP contribution in [0.1, 0.15) is 34.3 Å². The van der Waals surface area contributed by atoms with Gasteiger partial charge in [0.25, 0.3) is 5.91 Å². The minimum atomic E-state index is -4.72. The van der Waals surface area contributed by atoms with Crippen LogP contribution in [0.3, 0.4) is 0 Å². The van der Waals surface area contributed by atoms with Gasteiger partial charge in [-0.1, -0.05) is 48.0 Å². The van der Waals surface area contributed by atoms with Gasteiger partial charge in [0.1, 0.15) is 24.6 Å². The Morgan fingerprint density at radius 3 is 2.27 bits per heavy atom. The number of anilines is 1. The number of aryl methyl sites for hydroxylation is 1. The van der Waals surface area contributed by atoms with E-state index in [1.54, 1.807) is 68.4 Å². The molecule has 6 nitrogen and oxygen atoms in total. The predicted octanol–water partition coefficient (Wildman–Crippen LogP) is 5.57. The van der Waals surface area contributed by atoms with Gasteiger partial charge in [0.05, 0.1) is 0 Å². The number of alkyl halides is 3. The van der Waals surface area contributed by atoms with Gasteiger partial charge in [-0.05, 0) is 55.8 Å². The molecule has 4 atom stereocenters. The zero-order valence-electron chi connectivity index (χ0n) is 22.2. The van der Waals surface area contributed by atoms with Crippen LogP contribution in [0.5, 0.6) is 0 Å². The Morgan fingerprint density at radius 1 is 1.00 bits per heavy atom. The second kappa shape index (κ2) is 11.9. The Morgan fingerprint density at radius 2 is 1.68 bits per heavy atom. The van der Waals surface area contributed by atoms with Crippen molar-refractivity contribution in [2.45, 2.75) is 38.1 Å². The largest absolute Gasteiger partial charge is 0.406 e. The molecule has 10 heteroatoms. The van der Waals surface area contributed by atoms with Crippen molar-refractivity contribution < 1.29 is 27.2 Å². The fourth-order valence-electron chi connectivity index (χ4n) is 5.19. The summed E-state index contributed by atoms with van der Waals surface area (Å²) in [5, 5.41) is 5.82. The number of likely N-dealkylation sites (tertiary alicyclic amines) is 1. The molecule has 4 rings (SSSR count). The van der Waals surface area contributed by atoms with Crippen LogP contribution in [0.15, 0.2) is 83.9 Å². The standard InChI is InChI=1S/C30H30F4N4O2/c1-18-8-7-9-21(16-18)28(39)37-26-25(20-12-14-22(31)15-13-20)24(19(2)35-3)27(36-23-10-5-4-6-11-23)38(29(26)40)17-30(32,33)34/h4-16,24-27,36H,17H2,1-3H3,(H,37,39)/t24?,25-,26-,27?/m0/s1. The van der Waals surface area contributed by atoms with Crippen LogP contribution in [0, 0.1) is 18.7 Å². The molecule has 1 aliphatic rings. The van der Waals surface area contributed by atoms with Gasteiger partial charge in [0.15, 0.2) is 0 Å². The van der Waals surface area contributed by atoms with Crippen molar-refractivity contribution in [3.05, 3.63) is 101 Å².